The number of carbonyl (C=O) groups is 1. The van der Waals surface area contributed by atoms with Crippen molar-refractivity contribution in [3.05, 3.63) is 71.4 Å². The van der Waals surface area contributed by atoms with Gasteiger partial charge < -0.3 is 15.5 Å². The van der Waals surface area contributed by atoms with E-state index in [-0.39, 0.29) is 5.56 Å². The maximum atomic E-state index is 12.8. The van der Waals surface area contributed by atoms with Crippen molar-refractivity contribution in [3.63, 3.8) is 0 Å². The molecular formula is C21H20F3N5O. The highest BCUT2D eigenvalue weighted by Crippen LogP contribution is 2.29. The zero-order chi connectivity index (χ0) is 21.9. The SMILES string of the molecule is Cc1cc(N(C)C)nc(Nc2ccc(NC(=O)c3cccc(C(F)(F)F)c3)cc2)n1. The van der Waals surface area contributed by atoms with Gasteiger partial charge in [-0.3, -0.25) is 4.79 Å². The lowest BCUT2D eigenvalue weighted by Gasteiger charge is -2.14. The first kappa shape index (κ1) is 21.1. The van der Waals surface area contributed by atoms with Gasteiger partial charge in [0.25, 0.3) is 5.91 Å². The Labute approximate surface area is 171 Å². The summed E-state index contributed by atoms with van der Waals surface area (Å²) < 4.78 is 38.5. The molecule has 2 N–H and O–H groups in total. The number of rotatable bonds is 5. The van der Waals surface area contributed by atoms with E-state index in [9.17, 15) is 18.0 Å². The molecule has 0 aliphatic heterocycles. The summed E-state index contributed by atoms with van der Waals surface area (Å²) in [5.74, 6) is 0.564. The van der Waals surface area contributed by atoms with Crippen molar-refractivity contribution in [2.45, 2.75) is 13.1 Å². The average Bonchev–Trinajstić information content (AvgIpc) is 2.68. The molecule has 1 amide bonds. The van der Waals surface area contributed by atoms with E-state index in [1.165, 1.54) is 12.1 Å². The van der Waals surface area contributed by atoms with Gasteiger partial charge in [-0.2, -0.15) is 18.2 Å². The average molecular weight is 415 g/mol. The molecule has 0 radical (unpaired) electrons. The summed E-state index contributed by atoms with van der Waals surface area (Å²) in [4.78, 5) is 22.9. The van der Waals surface area contributed by atoms with Gasteiger partial charge in [-0.05, 0) is 49.4 Å². The van der Waals surface area contributed by atoms with Crippen molar-refractivity contribution >= 4 is 29.0 Å². The van der Waals surface area contributed by atoms with Crippen LogP contribution in [0.3, 0.4) is 0 Å². The van der Waals surface area contributed by atoms with Gasteiger partial charge in [0.1, 0.15) is 5.82 Å². The molecule has 1 aromatic heterocycles. The maximum absolute atomic E-state index is 12.8. The predicted octanol–water partition coefficient (Wildman–Crippen LogP) is 4.87. The molecule has 30 heavy (non-hydrogen) atoms. The second-order valence-electron chi connectivity index (χ2n) is 6.82. The highest BCUT2D eigenvalue weighted by Gasteiger charge is 2.30. The Balaban J connectivity index is 1.70. The zero-order valence-electron chi connectivity index (χ0n) is 16.6. The molecule has 2 aromatic carbocycles. The lowest BCUT2D eigenvalue weighted by molar-refractivity contribution is -0.137. The first-order valence-corrected chi connectivity index (χ1v) is 9.00. The maximum Gasteiger partial charge on any atom is 0.416 e. The summed E-state index contributed by atoms with van der Waals surface area (Å²) in [6.45, 7) is 1.87. The fraction of sp³-hybridized carbons (Fsp3) is 0.190. The van der Waals surface area contributed by atoms with Crippen LogP contribution in [0.5, 0.6) is 0 Å². The summed E-state index contributed by atoms with van der Waals surface area (Å²) in [7, 11) is 3.76. The van der Waals surface area contributed by atoms with E-state index >= 15 is 0 Å². The molecule has 6 nitrogen and oxygen atoms in total. The van der Waals surface area contributed by atoms with E-state index in [1.807, 2.05) is 32.0 Å². The molecule has 0 bridgehead atoms. The molecular weight excluding hydrogens is 395 g/mol. The van der Waals surface area contributed by atoms with E-state index < -0.39 is 17.6 Å². The standard InChI is InChI=1S/C21H20F3N5O/c1-13-11-18(29(2)3)28-20(25-13)27-17-9-7-16(8-10-17)26-19(30)14-5-4-6-15(12-14)21(22,23)24/h4-12H,1-3H3,(H,26,30)(H,25,27,28). The van der Waals surface area contributed by atoms with Gasteiger partial charge in [-0.25, -0.2) is 4.98 Å². The minimum Gasteiger partial charge on any atom is -0.363 e. The van der Waals surface area contributed by atoms with E-state index in [0.717, 1.165) is 23.6 Å². The van der Waals surface area contributed by atoms with Crippen molar-refractivity contribution in [3.8, 4) is 0 Å². The van der Waals surface area contributed by atoms with Gasteiger partial charge in [0.2, 0.25) is 5.95 Å². The highest BCUT2D eigenvalue weighted by atomic mass is 19.4. The topological polar surface area (TPSA) is 70.2 Å². The zero-order valence-corrected chi connectivity index (χ0v) is 16.6. The summed E-state index contributed by atoms with van der Waals surface area (Å²) in [6.07, 6.45) is -4.51. The minimum absolute atomic E-state index is 0.0728. The van der Waals surface area contributed by atoms with Crippen LogP contribution in [0.1, 0.15) is 21.6 Å². The quantitative estimate of drug-likeness (QED) is 0.623. The second kappa shape index (κ2) is 8.40. The third-order valence-electron chi connectivity index (χ3n) is 4.15. The first-order valence-electron chi connectivity index (χ1n) is 9.00. The fourth-order valence-corrected chi connectivity index (χ4v) is 2.64. The molecule has 0 atom stereocenters. The van der Waals surface area contributed by atoms with E-state index in [2.05, 4.69) is 20.6 Å². The number of carbonyl (C=O) groups excluding carboxylic acids is 1. The molecule has 0 spiro atoms. The molecule has 156 valence electrons. The number of alkyl halides is 3. The fourth-order valence-electron chi connectivity index (χ4n) is 2.64. The van der Waals surface area contributed by atoms with Crippen LogP contribution in [-0.4, -0.2) is 30.0 Å². The van der Waals surface area contributed by atoms with E-state index in [4.69, 9.17) is 0 Å². The molecule has 3 rings (SSSR count). The van der Waals surface area contributed by atoms with Crippen molar-refractivity contribution in [2.75, 3.05) is 29.6 Å². The Morgan fingerprint density at radius 1 is 0.967 bits per heavy atom. The number of benzene rings is 2. The Morgan fingerprint density at radius 2 is 1.63 bits per heavy atom. The summed E-state index contributed by atoms with van der Waals surface area (Å²) in [5.41, 5.74) is 1.01. The van der Waals surface area contributed by atoms with Crippen molar-refractivity contribution < 1.29 is 18.0 Å². The van der Waals surface area contributed by atoms with Crippen molar-refractivity contribution in [2.24, 2.45) is 0 Å². The Morgan fingerprint density at radius 3 is 2.27 bits per heavy atom. The normalized spacial score (nSPS) is 11.1. The minimum atomic E-state index is -4.51. The summed E-state index contributed by atoms with van der Waals surface area (Å²) >= 11 is 0. The van der Waals surface area contributed by atoms with Crippen molar-refractivity contribution in [1.29, 1.82) is 0 Å². The molecule has 9 heteroatoms. The van der Waals surface area contributed by atoms with Gasteiger partial charge in [0, 0.05) is 42.8 Å². The number of aromatic nitrogens is 2. The molecule has 1 heterocycles. The van der Waals surface area contributed by atoms with Crippen LogP contribution < -0.4 is 15.5 Å². The number of aryl methyl sites for hydroxylation is 1. The van der Waals surface area contributed by atoms with Gasteiger partial charge >= 0.3 is 6.18 Å². The van der Waals surface area contributed by atoms with Crippen molar-refractivity contribution in [1.82, 2.24) is 9.97 Å². The molecule has 0 aliphatic carbocycles. The van der Waals surface area contributed by atoms with Crippen LogP contribution >= 0.6 is 0 Å². The Hall–Kier alpha value is -3.62. The number of hydrogen-bond acceptors (Lipinski definition) is 5. The molecule has 0 saturated carbocycles. The van der Waals surface area contributed by atoms with Crippen LogP contribution in [0.2, 0.25) is 0 Å². The van der Waals surface area contributed by atoms with Crippen LogP contribution in [-0.2, 0) is 6.18 Å². The number of nitrogens with one attached hydrogen (secondary N) is 2. The van der Waals surface area contributed by atoms with E-state index in [0.29, 0.717) is 17.3 Å². The lowest BCUT2D eigenvalue weighted by Crippen LogP contribution is -2.14. The van der Waals surface area contributed by atoms with Crippen LogP contribution in [0.25, 0.3) is 0 Å². The van der Waals surface area contributed by atoms with Crippen LogP contribution in [0, 0.1) is 6.92 Å². The summed E-state index contributed by atoms with van der Waals surface area (Å²) in [6, 6.07) is 12.8. The predicted molar refractivity (Wildman–Crippen MR) is 110 cm³/mol. The lowest BCUT2D eigenvalue weighted by atomic mass is 10.1. The number of amides is 1. The summed E-state index contributed by atoms with van der Waals surface area (Å²) in [5, 5.41) is 5.68. The Kier molecular flexibility index (Phi) is 5.91. The molecule has 0 saturated heterocycles. The third kappa shape index (κ3) is 5.25. The van der Waals surface area contributed by atoms with Gasteiger partial charge in [-0.1, -0.05) is 6.07 Å². The van der Waals surface area contributed by atoms with E-state index in [1.54, 1.807) is 24.3 Å². The smallest absolute Gasteiger partial charge is 0.363 e. The number of anilines is 4. The molecule has 0 aliphatic rings. The Bertz CT molecular complexity index is 1050. The van der Waals surface area contributed by atoms with Crippen LogP contribution in [0.15, 0.2) is 54.6 Å². The third-order valence-corrected chi connectivity index (χ3v) is 4.15. The highest BCUT2D eigenvalue weighted by molar-refractivity contribution is 6.04. The number of nitrogens with zero attached hydrogens (tertiary/aromatic N) is 3. The van der Waals surface area contributed by atoms with Crippen LogP contribution in [0.4, 0.5) is 36.3 Å². The molecule has 0 unspecified atom stereocenters. The molecule has 3 aromatic rings. The van der Waals surface area contributed by atoms with Gasteiger partial charge in [0.15, 0.2) is 0 Å². The van der Waals surface area contributed by atoms with Gasteiger partial charge in [-0.15, -0.1) is 0 Å². The number of hydrogen-bond donors (Lipinski definition) is 2. The second-order valence-corrected chi connectivity index (χ2v) is 6.82. The monoisotopic (exact) mass is 415 g/mol. The van der Waals surface area contributed by atoms with Gasteiger partial charge in [0.05, 0.1) is 5.56 Å². The molecule has 0 fully saturated rings. The number of halogens is 3. The first-order chi connectivity index (χ1) is 14.1. The largest absolute Gasteiger partial charge is 0.416 e.